The first-order valence-corrected chi connectivity index (χ1v) is 12.8. The van der Waals surface area contributed by atoms with Crippen molar-refractivity contribution in [2.24, 2.45) is 0 Å². The predicted molar refractivity (Wildman–Crippen MR) is 136 cm³/mol. The van der Waals surface area contributed by atoms with Gasteiger partial charge in [0.2, 0.25) is 0 Å². The normalized spacial score (nSPS) is 11.8. The maximum atomic E-state index is 14.1. The molecule has 170 valence electrons. The van der Waals surface area contributed by atoms with Crippen LogP contribution < -0.4 is 0 Å². The van der Waals surface area contributed by atoms with Crippen molar-refractivity contribution in [1.29, 1.82) is 0 Å². The van der Waals surface area contributed by atoms with Crippen LogP contribution in [0, 0.1) is 0 Å². The van der Waals surface area contributed by atoms with Gasteiger partial charge < -0.3 is 0 Å². The van der Waals surface area contributed by atoms with Crippen LogP contribution in [0.25, 0.3) is 17.2 Å². The molecule has 0 spiro atoms. The molecule has 2 rings (SSSR count). The van der Waals surface area contributed by atoms with Crippen LogP contribution in [-0.2, 0) is 6.42 Å². The minimum atomic E-state index is -0.000958. The Bertz CT molecular complexity index is 724. The van der Waals surface area contributed by atoms with Gasteiger partial charge in [0.05, 0.1) is 0 Å². The van der Waals surface area contributed by atoms with Gasteiger partial charge in [-0.05, 0) is 54.0 Å². The number of halogens is 1. The second-order valence-corrected chi connectivity index (χ2v) is 8.95. The average molecular weight is 423 g/mol. The molecule has 0 bridgehead atoms. The maximum absolute atomic E-state index is 14.1. The summed E-state index contributed by atoms with van der Waals surface area (Å²) < 4.78 is 14.1. The molecule has 0 aliphatic rings. The van der Waals surface area contributed by atoms with Gasteiger partial charge in [-0.3, -0.25) is 0 Å². The van der Waals surface area contributed by atoms with Crippen molar-refractivity contribution in [3.8, 4) is 11.1 Å². The summed E-state index contributed by atoms with van der Waals surface area (Å²) in [6.45, 7) is 4.47. The number of rotatable bonds is 16. The van der Waals surface area contributed by atoms with E-state index in [1.807, 2.05) is 12.1 Å². The highest BCUT2D eigenvalue weighted by molar-refractivity contribution is 5.66. The van der Waals surface area contributed by atoms with Crippen molar-refractivity contribution in [2.75, 3.05) is 0 Å². The topological polar surface area (TPSA) is 0 Å². The fraction of sp³-hybridized carbons (Fsp3) is 0.533. The molecule has 0 saturated heterocycles. The second kappa shape index (κ2) is 15.8. The molecule has 1 heteroatoms. The molecule has 0 aliphatic heterocycles. The number of hydrogen-bond acceptors (Lipinski definition) is 0. The summed E-state index contributed by atoms with van der Waals surface area (Å²) >= 11 is 0. The van der Waals surface area contributed by atoms with E-state index in [9.17, 15) is 4.39 Å². The van der Waals surface area contributed by atoms with E-state index >= 15 is 0 Å². The molecule has 2 aromatic rings. The molecule has 0 atom stereocenters. The molecule has 0 unspecified atom stereocenters. The Morgan fingerprint density at radius 1 is 0.613 bits per heavy atom. The van der Waals surface area contributed by atoms with Gasteiger partial charge in [-0.2, -0.15) is 0 Å². The Balaban J connectivity index is 1.76. The lowest BCUT2D eigenvalue weighted by Gasteiger charge is -2.06. The van der Waals surface area contributed by atoms with Crippen LogP contribution in [0.2, 0.25) is 0 Å². The molecular weight excluding hydrogens is 379 g/mol. The zero-order chi connectivity index (χ0) is 22.2. The Morgan fingerprint density at radius 3 is 1.68 bits per heavy atom. The van der Waals surface area contributed by atoms with Crippen molar-refractivity contribution >= 4 is 6.08 Å². The lowest BCUT2D eigenvalue weighted by molar-refractivity contribution is 0.552. The summed E-state index contributed by atoms with van der Waals surface area (Å²) in [5, 5.41) is 0. The highest BCUT2D eigenvalue weighted by Gasteiger charge is 2.01. The zero-order valence-electron chi connectivity index (χ0n) is 20.0. The molecule has 0 N–H and O–H groups in total. The summed E-state index contributed by atoms with van der Waals surface area (Å²) in [4.78, 5) is 0. The third kappa shape index (κ3) is 10.8. The highest BCUT2D eigenvalue weighted by Crippen LogP contribution is 2.23. The lowest BCUT2D eigenvalue weighted by Crippen LogP contribution is -1.87. The second-order valence-electron chi connectivity index (χ2n) is 8.95. The Labute approximate surface area is 191 Å². The van der Waals surface area contributed by atoms with Gasteiger partial charge in [0.15, 0.2) is 0 Å². The predicted octanol–water partition coefficient (Wildman–Crippen LogP) is 10.3. The summed E-state index contributed by atoms with van der Waals surface area (Å²) in [5.74, 6) is -0.000958. The molecule has 0 amide bonds. The van der Waals surface area contributed by atoms with Gasteiger partial charge >= 0.3 is 0 Å². The number of hydrogen-bond donors (Lipinski definition) is 0. The Morgan fingerprint density at radius 2 is 1.10 bits per heavy atom. The first-order valence-electron chi connectivity index (χ1n) is 12.8. The first kappa shape index (κ1) is 25.4. The van der Waals surface area contributed by atoms with Crippen molar-refractivity contribution in [1.82, 2.24) is 0 Å². The number of benzene rings is 2. The minimum Gasteiger partial charge on any atom is -0.212 e. The van der Waals surface area contributed by atoms with E-state index in [4.69, 9.17) is 0 Å². The van der Waals surface area contributed by atoms with E-state index in [-0.39, 0.29) is 5.83 Å². The largest absolute Gasteiger partial charge is 0.212 e. The fourth-order valence-electron chi connectivity index (χ4n) is 4.07. The molecule has 0 saturated carbocycles. The molecule has 0 heterocycles. The van der Waals surface area contributed by atoms with E-state index < -0.39 is 0 Å². The minimum absolute atomic E-state index is 0.000958. The summed E-state index contributed by atoms with van der Waals surface area (Å²) in [5.41, 5.74) is 4.80. The monoisotopic (exact) mass is 422 g/mol. The molecule has 0 fully saturated rings. The third-order valence-corrected chi connectivity index (χ3v) is 6.11. The summed E-state index contributed by atoms with van der Waals surface area (Å²) in [6.07, 6.45) is 18.7. The maximum Gasteiger partial charge on any atom is 0.101 e. The first-order chi connectivity index (χ1) is 15.2. The standard InChI is InChI=1S/C30H43F/c1-3-5-7-9-10-12-13-15-26-17-21-28(22-18-26)29-23-19-27(20-24-29)25-30(31)16-14-11-8-6-4-2/h17-25H,3-16H2,1-2H3/b30-25+. The smallest absolute Gasteiger partial charge is 0.101 e. The SMILES string of the molecule is CCCCCCCCCc1ccc(-c2ccc(/C=C(/F)CCCCCCC)cc2)cc1. The van der Waals surface area contributed by atoms with E-state index in [0.717, 1.165) is 18.4 Å². The molecular formula is C30H43F. The van der Waals surface area contributed by atoms with Crippen LogP contribution >= 0.6 is 0 Å². The molecule has 2 aromatic carbocycles. The quantitative estimate of drug-likeness (QED) is 0.236. The average Bonchev–Trinajstić information content (AvgIpc) is 2.79. The van der Waals surface area contributed by atoms with Gasteiger partial charge in [-0.25, -0.2) is 4.39 Å². The molecule has 0 aromatic heterocycles. The van der Waals surface area contributed by atoms with E-state index in [1.54, 1.807) is 6.08 Å². The van der Waals surface area contributed by atoms with Gasteiger partial charge in [-0.15, -0.1) is 0 Å². The van der Waals surface area contributed by atoms with E-state index in [1.165, 1.54) is 87.3 Å². The molecule has 31 heavy (non-hydrogen) atoms. The molecule has 0 aliphatic carbocycles. The van der Waals surface area contributed by atoms with E-state index in [2.05, 4.69) is 50.2 Å². The van der Waals surface area contributed by atoms with Crippen molar-refractivity contribution < 1.29 is 4.39 Å². The number of allylic oxidation sites excluding steroid dienone is 1. The number of unbranched alkanes of at least 4 members (excludes halogenated alkanes) is 10. The van der Waals surface area contributed by atoms with Gasteiger partial charge in [0.1, 0.15) is 5.83 Å². The van der Waals surface area contributed by atoms with Crippen LogP contribution in [-0.4, -0.2) is 0 Å². The van der Waals surface area contributed by atoms with Crippen molar-refractivity contribution in [3.63, 3.8) is 0 Å². The van der Waals surface area contributed by atoms with Crippen molar-refractivity contribution in [3.05, 3.63) is 65.5 Å². The summed E-state index contributed by atoms with van der Waals surface area (Å²) in [7, 11) is 0. The lowest BCUT2D eigenvalue weighted by atomic mass is 9.99. The molecule has 0 nitrogen and oxygen atoms in total. The third-order valence-electron chi connectivity index (χ3n) is 6.11. The van der Waals surface area contributed by atoms with Crippen LogP contribution in [0.5, 0.6) is 0 Å². The Hall–Kier alpha value is -1.89. The zero-order valence-corrected chi connectivity index (χ0v) is 20.0. The van der Waals surface area contributed by atoms with Gasteiger partial charge in [0, 0.05) is 0 Å². The van der Waals surface area contributed by atoms with Crippen LogP contribution in [0.3, 0.4) is 0 Å². The Kier molecular flexibility index (Phi) is 13.0. The van der Waals surface area contributed by atoms with Crippen LogP contribution in [0.4, 0.5) is 4.39 Å². The van der Waals surface area contributed by atoms with Crippen molar-refractivity contribution in [2.45, 2.75) is 104 Å². The van der Waals surface area contributed by atoms with Gasteiger partial charge in [-0.1, -0.05) is 127 Å². The molecule has 0 radical (unpaired) electrons. The number of aryl methyl sites for hydroxylation is 1. The fourth-order valence-corrected chi connectivity index (χ4v) is 4.07. The highest BCUT2D eigenvalue weighted by atomic mass is 19.1. The summed E-state index contributed by atoms with van der Waals surface area (Å²) in [6, 6.07) is 17.2. The van der Waals surface area contributed by atoms with Crippen LogP contribution in [0.1, 0.15) is 108 Å². The van der Waals surface area contributed by atoms with E-state index in [0.29, 0.717) is 6.42 Å². The van der Waals surface area contributed by atoms with Crippen LogP contribution in [0.15, 0.2) is 54.4 Å². The van der Waals surface area contributed by atoms with Gasteiger partial charge in [0.25, 0.3) is 0 Å².